The fourth-order valence-corrected chi connectivity index (χ4v) is 3.99. The van der Waals surface area contributed by atoms with Gasteiger partial charge >= 0.3 is 5.97 Å². The molecule has 0 bridgehead atoms. The summed E-state index contributed by atoms with van der Waals surface area (Å²) in [4.78, 5) is 16.4. The summed E-state index contributed by atoms with van der Waals surface area (Å²) < 4.78 is 13.3. The highest BCUT2D eigenvalue weighted by atomic mass is 16.6. The van der Waals surface area contributed by atoms with Crippen molar-refractivity contribution in [2.75, 3.05) is 6.61 Å². The van der Waals surface area contributed by atoms with Crippen LogP contribution in [0.25, 0.3) is 5.69 Å². The van der Waals surface area contributed by atoms with Gasteiger partial charge in [-0.2, -0.15) is 5.10 Å². The first-order valence-electron chi connectivity index (χ1n) is 8.35. The number of carbonyl (C=O) groups is 1. The van der Waals surface area contributed by atoms with Crippen LogP contribution in [0, 0.1) is 11.3 Å². The summed E-state index contributed by atoms with van der Waals surface area (Å²) in [5.74, 6) is 0.0503. The van der Waals surface area contributed by atoms with Crippen LogP contribution in [0.4, 0.5) is 0 Å². The normalized spacial score (nSPS) is 27.8. The van der Waals surface area contributed by atoms with Crippen molar-refractivity contribution in [2.24, 2.45) is 11.3 Å². The number of rotatable bonds is 3. The number of carbonyl (C=O) groups excluding carboxylic acids is 1. The van der Waals surface area contributed by atoms with Crippen LogP contribution in [0.3, 0.4) is 0 Å². The quantitative estimate of drug-likeness (QED) is 0.811. The molecule has 6 nitrogen and oxygen atoms in total. The van der Waals surface area contributed by atoms with E-state index in [-0.39, 0.29) is 23.6 Å². The molecule has 3 unspecified atom stereocenters. The van der Waals surface area contributed by atoms with Gasteiger partial charge in [0.05, 0.1) is 17.4 Å². The van der Waals surface area contributed by atoms with E-state index >= 15 is 0 Å². The predicted molar refractivity (Wildman–Crippen MR) is 86.8 cm³/mol. The van der Waals surface area contributed by atoms with E-state index in [1.165, 1.54) is 6.33 Å². The van der Waals surface area contributed by atoms with Crippen LogP contribution >= 0.6 is 0 Å². The molecule has 0 N–H and O–H groups in total. The molecule has 0 spiro atoms. The average Bonchev–Trinajstić information content (AvgIpc) is 3.14. The lowest BCUT2D eigenvalue weighted by molar-refractivity contribution is -0.243. The third kappa shape index (κ3) is 2.41. The summed E-state index contributed by atoms with van der Waals surface area (Å²) in [7, 11) is 0. The van der Waals surface area contributed by atoms with E-state index in [4.69, 9.17) is 9.47 Å². The third-order valence-corrected chi connectivity index (χ3v) is 5.24. The Hall–Kier alpha value is -2.21. The number of nitrogens with zero attached hydrogens (tertiary/aromatic N) is 3. The third-order valence-electron chi connectivity index (χ3n) is 5.24. The van der Waals surface area contributed by atoms with Gasteiger partial charge in [-0.1, -0.05) is 13.8 Å². The van der Waals surface area contributed by atoms with Crippen molar-refractivity contribution < 1.29 is 14.3 Å². The van der Waals surface area contributed by atoms with Crippen LogP contribution in [0.5, 0.6) is 0 Å². The van der Waals surface area contributed by atoms with Crippen molar-refractivity contribution >= 4 is 5.97 Å². The molecule has 1 aliphatic carbocycles. The highest BCUT2D eigenvalue weighted by Crippen LogP contribution is 2.53. The molecule has 0 amide bonds. The lowest BCUT2D eigenvalue weighted by Crippen LogP contribution is -2.65. The molecule has 1 aromatic heterocycles. The van der Waals surface area contributed by atoms with Gasteiger partial charge in [0.15, 0.2) is 0 Å². The van der Waals surface area contributed by atoms with Gasteiger partial charge in [-0.15, -0.1) is 0 Å². The molecule has 1 saturated carbocycles. The van der Waals surface area contributed by atoms with Gasteiger partial charge in [0.25, 0.3) is 0 Å². The lowest BCUT2D eigenvalue weighted by atomic mass is 9.57. The molecule has 1 aliphatic heterocycles. The van der Waals surface area contributed by atoms with E-state index in [1.54, 1.807) is 23.1 Å². The highest BCUT2D eigenvalue weighted by Gasteiger charge is 2.60. The zero-order valence-electron chi connectivity index (χ0n) is 13.9. The van der Waals surface area contributed by atoms with Crippen LogP contribution in [0.2, 0.25) is 0 Å². The smallest absolute Gasteiger partial charge is 0.338 e. The van der Waals surface area contributed by atoms with Gasteiger partial charge in [0, 0.05) is 17.9 Å². The Morgan fingerprint density at radius 1 is 1.33 bits per heavy atom. The molecule has 6 heteroatoms. The highest BCUT2D eigenvalue weighted by molar-refractivity contribution is 5.89. The van der Waals surface area contributed by atoms with Crippen molar-refractivity contribution in [2.45, 2.75) is 38.9 Å². The van der Waals surface area contributed by atoms with Gasteiger partial charge in [0.2, 0.25) is 0 Å². The van der Waals surface area contributed by atoms with E-state index < -0.39 is 0 Å². The van der Waals surface area contributed by atoms with Crippen LogP contribution < -0.4 is 0 Å². The maximum atomic E-state index is 12.5. The first-order chi connectivity index (χ1) is 11.6. The van der Waals surface area contributed by atoms with Crippen molar-refractivity contribution in [3.05, 3.63) is 42.5 Å². The van der Waals surface area contributed by atoms with Crippen molar-refractivity contribution in [1.82, 2.24) is 14.8 Å². The second-order valence-corrected chi connectivity index (χ2v) is 7.13. The van der Waals surface area contributed by atoms with Crippen LogP contribution in [-0.4, -0.2) is 39.5 Å². The zero-order chi connectivity index (χ0) is 16.7. The maximum Gasteiger partial charge on any atom is 0.338 e. The fourth-order valence-electron chi connectivity index (χ4n) is 3.99. The Bertz CT molecular complexity index is 724. The van der Waals surface area contributed by atoms with Crippen LogP contribution in [-0.2, 0) is 9.47 Å². The summed E-state index contributed by atoms with van der Waals surface area (Å²) >= 11 is 0. The first-order valence-corrected chi connectivity index (χ1v) is 8.35. The average molecular weight is 327 g/mol. The van der Waals surface area contributed by atoms with Gasteiger partial charge in [0.1, 0.15) is 18.8 Å². The fraction of sp³-hybridized carbons (Fsp3) is 0.500. The molecular formula is C18H21N3O3. The molecule has 24 heavy (non-hydrogen) atoms. The number of aromatic nitrogens is 3. The van der Waals surface area contributed by atoms with Gasteiger partial charge < -0.3 is 9.47 Å². The van der Waals surface area contributed by atoms with Gasteiger partial charge in [-0.25, -0.2) is 14.5 Å². The molecule has 1 saturated heterocycles. The molecule has 2 heterocycles. The van der Waals surface area contributed by atoms with E-state index in [2.05, 4.69) is 23.9 Å². The second-order valence-electron chi connectivity index (χ2n) is 7.13. The molecule has 1 aromatic carbocycles. The Balaban J connectivity index is 1.46. The van der Waals surface area contributed by atoms with E-state index in [9.17, 15) is 4.79 Å². The minimum atomic E-state index is -0.276. The number of fused-ring (bicyclic) bond motifs is 1. The summed E-state index contributed by atoms with van der Waals surface area (Å²) in [6, 6.07) is 7.20. The van der Waals surface area contributed by atoms with Gasteiger partial charge in [-0.3, -0.25) is 0 Å². The molecule has 126 valence electrons. The molecular weight excluding hydrogens is 306 g/mol. The van der Waals surface area contributed by atoms with E-state index in [0.29, 0.717) is 11.5 Å². The Labute approximate surface area is 140 Å². The number of ether oxygens (including phenoxy) is 2. The lowest BCUT2D eigenvalue weighted by Gasteiger charge is -2.58. The summed E-state index contributed by atoms with van der Waals surface area (Å²) in [5.41, 5.74) is 1.28. The topological polar surface area (TPSA) is 66.2 Å². The monoisotopic (exact) mass is 327 g/mol. The van der Waals surface area contributed by atoms with Crippen LogP contribution in [0.1, 0.15) is 37.0 Å². The SMILES string of the molecule is CC1(C)C2OCCCC2C1OC(=O)c1ccc(-n2cncn2)cc1. The Morgan fingerprint density at radius 2 is 2.12 bits per heavy atom. The standard InChI is InChI=1S/C18H21N3O3/c1-18(2)15-14(4-3-9-23-15)16(18)24-17(22)12-5-7-13(8-6-12)21-11-19-10-20-21/h5-8,10-11,14-16H,3-4,9H2,1-2H3. The van der Waals surface area contributed by atoms with Crippen LogP contribution in [0.15, 0.2) is 36.9 Å². The van der Waals surface area contributed by atoms with E-state index in [0.717, 1.165) is 25.1 Å². The minimum Gasteiger partial charge on any atom is -0.458 e. The molecule has 2 aromatic rings. The predicted octanol–water partition coefficient (Wildman–Crippen LogP) is 2.63. The van der Waals surface area contributed by atoms with Crippen molar-refractivity contribution in [3.63, 3.8) is 0 Å². The Morgan fingerprint density at radius 3 is 2.83 bits per heavy atom. The molecule has 2 fully saturated rings. The maximum absolute atomic E-state index is 12.5. The Kier molecular flexibility index (Phi) is 3.64. The van der Waals surface area contributed by atoms with Crippen molar-refractivity contribution in [3.8, 4) is 5.69 Å². The molecule has 2 aliphatic rings. The number of hydrogen-bond acceptors (Lipinski definition) is 5. The molecule has 3 atom stereocenters. The largest absolute Gasteiger partial charge is 0.458 e. The zero-order valence-corrected chi connectivity index (χ0v) is 13.9. The number of hydrogen-bond donors (Lipinski definition) is 0. The molecule has 0 radical (unpaired) electrons. The second kappa shape index (κ2) is 5.70. The van der Waals surface area contributed by atoms with Gasteiger partial charge in [-0.05, 0) is 37.1 Å². The van der Waals surface area contributed by atoms with Crippen molar-refractivity contribution in [1.29, 1.82) is 0 Å². The summed E-state index contributed by atoms with van der Waals surface area (Å²) in [6.07, 6.45) is 5.33. The minimum absolute atomic E-state index is 0.0784. The van der Waals surface area contributed by atoms with E-state index in [1.807, 2.05) is 12.1 Å². The first kappa shape index (κ1) is 15.3. The summed E-state index contributed by atoms with van der Waals surface area (Å²) in [6.45, 7) is 5.05. The molecule has 4 rings (SSSR count). The summed E-state index contributed by atoms with van der Waals surface area (Å²) in [5, 5.41) is 4.07. The number of benzene rings is 1. The number of esters is 1.